The molecule has 0 saturated carbocycles. The SMILES string of the molecule is O=C(N/N=C/c1c(OC(=O)c2ccc(Cl)cc2)ccc2ccccc12)C(=O)Nc1ccc(Cl)c(Cl)c1. The highest BCUT2D eigenvalue weighted by atomic mass is 35.5. The monoisotopic (exact) mass is 539 g/mol. The number of carbonyl (C=O) groups is 3. The molecule has 2 amide bonds. The number of nitrogens with one attached hydrogen (secondary N) is 2. The van der Waals surface area contributed by atoms with Crippen LogP contribution in [0.5, 0.6) is 5.75 Å². The zero-order chi connectivity index (χ0) is 25.7. The molecule has 36 heavy (non-hydrogen) atoms. The topological polar surface area (TPSA) is 96.9 Å². The zero-order valence-corrected chi connectivity index (χ0v) is 20.6. The van der Waals surface area contributed by atoms with Gasteiger partial charge in [0.15, 0.2) is 0 Å². The fourth-order valence-electron chi connectivity index (χ4n) is 3.21. The van der Waals surface area contributed by atoms with Gasteiger partial charge in [0.05, 0.1) is 21.8 Å². The number of hydrazone groups is 1. The number of halogens is 3. The molecule has 4 aromatic rings. The first kappa shape index (κ1) is 25.2. The van der Waals surface area contributed by atoms with Crippen LogP contribution in [0.1, 0.15) is 15.9 Å². The van der Waals surface area contributed by atoms with Crippen molar-refractivity contribution in [1.29, 1.82) is 0 Å². The smallest absolute Gasteiger partial charge is 0.343 e. The van der Waals surface area contributed by atoms with Crippen molar-refractivity contribution in [2.45, 2.75) is 0 Å². The zero-order valence-electron chi connectivity index (χ0n) is 18.3. The van der Waals surface area contributed by atoms with Crippen molar-refractivity contribution >= 4 is 75.3 Å². The van der Waals surface area contributed by atoms with Crippen LogP contribution in [0.25, 0.3) is 10.8 Å². The second kappa shape index (κ2) is 11.2. The largest absolute Gasteiger partial charge is 0.422 e. The van der Waals surface area contributed by atoms with E-state index in [4.69, 9.17) is 39.5 Å². The quantitative estimate of drug-likeness (QED) is 0.105. The van der Waals surface area contributed by atoms with Crippen LogP contribution in [0, 0.1) is 0 Å². The molecule has 7 nitrogen and oxygen atoms in total. The van der Waals surface area contributed by atoms with Gasteiger partial charge in [-0.3, -0.25) is 9.59 Å². The van der Waals surface area contributed by atoms with E-state index in [0.717, 1.165) is 10.8 Å². The molecule has 4 rings (SSSR count). The maximum atomic E-state index is 12.7. The number of fused-ring (bicyclic) bond motifs is 1. The molecule has 0 aromatic heterocycles. The van der Waals surface area contributed by atoms with Crippen LogP contribution in [-0.4, -0.2) is 24.0 Å². The van der Waals surface area contributed by atoms with Crippen LogP contribution in [0.15, 0.2) is 84.0 Å². The molecule has 0 saturated heterocycles. The third-order valence-electron chi connectivity index (χ3n) is 4.96. The molecular weight excluding hydrogens is 525 g/mol. The first-order chi connectivity index (χ1) is 17.3. The van der Waals surface area contributed by atoms with Gasteiger partial charge >= 0.3 is 17.8 Å². The van der Waals surface area contributed by atoms with Crippen LogP contribution in [0.4, 0.5) is 5.69 Å². The molecule has 0 bridgehead atoms. The number of anilines is 1. The van der Waals surface area contributed by atoms with Gasteiger partial charge in [-0.2, -0.15) is 5.10 Å². The first-order valence-electron chi connectivity index (χ1n) is 10.4. The minimum atomic E-state index is -1.02. The number of nitrogens with zero attached hydrogens (tertiary/aromatic N) is 1. The highest BCUT2D eigenvalue weighted by molar-refractivity contribution is 6.43. The molecule has 0 aliphatic carbocycles. The molecule has 0 spiro atoms. The summed E-state index contributed by atoms with van der Waals surface area (Å²) in [6.07, 6.45) is 1.30. The van der Waals surface area contributed by atoms with Crippen molar-refractivity contribution in [3.8, 4) is 5.75 Å². The Labute approximate surface area is 220 Å². The van der Waals surface area contributed by atoms with Crippen molar-refractivity contribution < 1.29 is 19.1 Å². The minimum Gasteiger partial charge on any atom is -0.422 e. The Bertz CT molecular complexity index is 1500. The fraction of sp³-hybridized carbons (Fsp3) is 0. The number of esters is 1. The molecule has 0 heterocycles. The number of carbonyl (C=O) groups excluding carboxylic acids is 3. The van der Waals surface area contributed by atoms with Gasteiger partial charge in [0, 0.05) is 16.3 Å². The van der Waals surface area contributed by atoms with Gasteiger partial charge in [0.1, 0.15) is 5.75 Å². The van der Waals surface area contributed by atoms with Gasteiger partial charge in [-0.05, 0) is 59.3 Å². The third-order valence-corrected chi connectivity index (χ3v) is 5.95. The molecule has 2 N–H and O–H groups in total. The van der Waals surface area contributed by atoms with E-state index in [1.54, 1.807) is 36.4 Å². The number of hydrogen-bond donors (Lipinski definition) is 2. The van der Waals surface area contributed by atoms with Gasteiger partial charge in [-0.15, -0.1) is 0 Å². The number of rotatable bonds is 5. The normalized spacial score (nSPS) is 10.9. The average molecular weight is 541 g/mol. The number of hydrogen-bond acceptors (Lipinski definition) is 5. The van der Waals surface area contributed by atoms with E-state index in [-0.39, 0.29) is 10.8 Å². The number of ether oxygens (including phenoxy) is 1. The van der Waals surface area contributed by atoms with Crippen molar-refractivity contribution in [1.82, 2.24) is 5.43 Å². The lowest BCUT2D eigenvalue weighted by Crippen LogP contribution is -2.32. The molecule has 0 aliphatic rings. The third kappa shape index (κ3) is 6.01. The summed E-state index contributed by atoms with van der Waals surface area (Å²) in [7, 11) is 0. The molecule has 0 atom stereocenters. The van der Waals surface area contributed by atoms with Gasteiger partial charge in [0.2, 0.25) is 0 Å². The minimum absolute atomic E-state index is 0.215. The second-order valence-corrected chi connectivity index (χ2v) is 8.63. The number of amides is 2. The molecule has 10 heteroatoms. The van der Waals surface area contributed by atoms with Crippen LogP contribution >= 0.6 is 34.8 Å². The van der Waals surface area contributed by atoms with Crippen molar-refractivity contribution in [2.24, 2.45) is 5.10 Å². The Morgan fingerprint density at radius 3 is 2.31 bits per heavy atom. The molecule has 0 radical (unpaired) electrons. The molecule has 180 valence electrons. The van der Waals surface area contributed by atoms with Gasteiger partial charge in [-0.1, -0.05) is 65.1 Å². The lowest BCUT2D eigenvalue weighted by atomic mass is 10.0. The van der Waals surface area contributed by atoms with E-state index in [9.17, 15) is 14.4 Å². The van der Waals surface area contributed by atoms with Crippen molar-refractivity contribution in [3.05, 3.63) is 105 Å². The Balaban J connectivity index is 1.53. The van der Waals surface area contributed by atoms with E-state index < -0.39 is 17.8 Å². The van der Waals surface area contributed by atoms with Crippen LogP contribution in [0.2, 0.25) is 15.1 Å². The van der Waals surface area contributed by atoms with Gasteiger partial charge in [0.25, 0.3) is 0 Å². The Hall–Kier alpha value is -3.91. The summed E-state index contributed by atoms with van der Waals surface area (Å²) in [5.41, 5.74) is 3.19. The summed E-state index contributed by atoms with van der Waals surface area (Å²) in [5.74, 6) is -2.36. The van der Waals surface area contributed by atoms with Crippen molar-refractivity contribution in [2.75, 3.05) is 5.32 Å². The summed E-state index contributed by atoms with van der Waals surface area (Å²) >= 11 is 17.7. The summed E-state index contributed by atoms with van der Waals surface area (Å²) < 4.78 is 5.60. The van der Waals surface area contributed by atoms with E-state index in [1.807, 2.05) is 24.3 Å². The summed E-state index contributed by atoms with van der Waals surface area (Å²) in [6.45, 7) is 0. The maximum absolute atomic E-state index is 12.7. The molecule has 0 aliphatic heterocycles. The van der Waals surface area contributed by atoms with E-state index >= 15 is 0 Å². The maximum Gasteiger partial charge on any atom is 0.343 e. The molecule has 4 aromatic carbocycles. The fourth-order valence-corrected chi connectivity index (χ4v) is 3.63. The average Bonchev–Trinajstić information content (AvgIpc) is 2.87. The standard InChI is InChI=1S/C26H16Cl3N3O4/c27-17-8-5-16(6-9-17)26(35)36-23-12-7-15-3-1-2-4-19(15)20(23)14-30-32-25(34)24(33)31-18-10-11-21(28)22(29)13-18/h1-14H,(H,31,33)(H,32,34)/b30-14+. The van der Waals surface area contributed by atoms with Crippen LogP contribution in [0.3, 0.4) is 0 Å². The first-order valence-corrected chi connectivity index (χ1v) is 11.5. The van der Waals surface area contributed by atoms with Crippen LogP contribution in [-0.2, 0) is 9.59 Å². The summed E-state index contributed by atoms with van der Waals surface area (Å²) in [4.78, 5) is 37.1. The highest BCUT2D eigenvalue weighted by Crippen LogP contribution is 2.28. The van der Waals surface area contributed by atoms with Crippen LogP contribution < -0.4 is 15.5 Å². The lowest BCUT2D eigenvalue weighted by Gasteiger charge is -2.10. The molecule has 0 fully saturated rings. The number of benzene rings is 4. The Morgan fingerprint density at radius 2 is 1.56 bits per heavy atom. The second-order valence-electron chi connectivity index (χ2n) is 7.38. The predicted molar refractivity (Wildman–Crippen MR) is 141 cm³/mol. The lowest BCUT2D eigenvalue weighted by molar-refractivity contribution is -0.136. The highest BCUT2D eigenvalue weighted by Gasteiger charge is 2.16. The molecular formula is C26H16Cl3N3O4. The summed E-state index contributed by atoms with van der Waals surface area (Å²) in [6, 6.07) is 21.4. The van der Waals surface area contributed by atoms with Gasteiger partial charge in [-0.25, -0.2) is 10.2 Å². The summed E-state index contributed by atoms with van der Waals surface area (Å²) in [5, 5.41) is 8.90. The predicted octanol–water partition coefficient (Wildman–Crippen LogP) is 6.11. The van der Waals surface area contributed by atoms with E-state index in [0.29, 0.717) is 26.9 Å². The van der Waals surface area contributed by atoms with E-state index in [1.165, 1.54) is 24.4 Å². The van der Waals surface area contributed by atoms with Crippen molar-refractivity contribution in [3.63, 3.8) is 0 Å². The van der Waals surface area contributed by atoms with E-state index in [2.05, 4.69) is 15.8 Å². The molecule has 0 unspecified atom stereocenters. The Kier molecular flexibility index (Phi) is 7.85. The van der Waals surface area contributed by atoms with Gasteiger partial charge < -0.3 is 10.1 Å². The Morgan fingerprint density at radius 1 is 0.806 bits per heavy atom.